The van der Waals surface area contributed by atoms with E-state index in [2.05, 4.69) is 32.2 Å². The lowest BCUT2D eigenvalue weighted by atomic mass is 10.2. The Morgan fingerprint density at radius 1 is 1.42 bits per heavy atom. The number of nitrogens with zero attached hydrogens (tertiary/aromatic N) is 3. The summed E-state index contributed by atoms with van der Waals surface area (Å²) in [5.74, 6) is 0. The summed E-state index contributed by atoms with van der Waals surface area (Å²) in [6.07, 6.45) is 4.87. The van der Waals surface area contributed by atoms with Crippen LogP contribution in [0.25, 0.3) is 11.0 Å². The van der Waals surface area contributed by atoms with Gasteiger partial charge in [-0.15, -0.1) is 11.3 Å². The van der Waals surface area contributed by atoms with Crippen LogP contribution in [0.5, 0.6) is 0 Å². The average Bonchev–Trinajstić information content (AvgIpc) is 2.97. The quantitative estimate of drug-likeness (QED) is 0.793. The second-order valence-corrected chi connectivity index (χ2v) is 5.52. The molecule has 0 aliphatic rings. The van der Waals surface area contributed by atoms with Gasteiger partial charge in [-0.25, -0.2) is 9.97 Å². The maximum Gasteiger partial charge on any atom is 0.140 e. The van der Waals surface area contributed by atoms with Gasteiger partial charge in [-0.05, 0) is 37.6 Å². The molecule has 0 atom stereocenters. The summed E-state index contributed by atoms with van der Waals surface area (Å²) in [7, 11) is 0. The van der Waals surface area contributed by atoms with Crippen molar-refractivity contribution < 1.29 is 0 Å². The van der Waals surface area contributed by atoms with E-state index < -0.39 is 0 Å². The highest BCUT2D eigenvalue weighted by atomic mass is 32.1. The highest BCUT2D eigenvalue weighted by Crippen LogP contribution is 2.21. The van der Waals surface area contributed by atoms with Crippen LogP contribution in [0.15, 0.2) is 29.9 Å². The molecule has 0 saturated carbocycles. The molecule has 0 aliphatic heterocycles. The lowest BCUT2D eigenvalue weighted by molar-refractivity contribution is 0.807. The number of fused-ring (bicyclic) bond motifs is 1. The molecular formula is C14H16N4S. The summed E-state index contributed by atoms with van der Waals surface area (Å²) in [5, 5.41) is 4.38. The van der Waals surface area contributed by atoms with Gasteiger partial charge in [-0.1, -0.05) is 0 Å². The minimum Gasteiger partial charge on any atom is -0.330 e. The molecule has 98 valence electrons. The van der Waals surface area contributed by atoms with Crippen LogP contribution in [0.1, 0.15) is 16.3 Å². The summed E-state index contributed by atoms with van der Waals surface area (Å²) < 4.78 is 2.17. The normalized spacial score (nSPS) is 11.3. The number of nitrogens with two attached hydrogens (primary N) is 1. The minimum atomic E-state index is 0.657. The maximum absolute atomic E-state index is 5.68. The van der Waals surface area contributed by atoms with Gasteiger partial charge in [0.15, 0.2) is 0 Å². The minimum absolute atomic E-state index is 0.657. The average molecular weight is 272 g/mol. The Labute approximate surface area is 115 Å². The topological polar surface area (TPSA) is 56.7 Å². The largest absolute Gasteiger partial charge is 0.330 e. The van der Waals surface area contributed by atoms with E-state index in [1.165, 1.54) is 10.9 Å². The third-order valence-corrected chi connectivity index (χ3v) is 4.05. The van der Waals surface area contributed by atoms with Crippen LogP contribution in [0.3, 0.4) is 0 Å². The molecule has 5 heteroatoms. The number of aryl methyl sites for hydroxylation is 1. The first kappa shape index (κ1) is 12.3. The summed E-state index contributed by atoms with van der Waals surface area (Å²) in [4.78, 5) is 9.00. The van der Waals surface area contributed by atoms with Crippen molar-refractivity contribution in [2.75, 3.05) is 6.54 Å². The van der Waals surface area contributed by atoms with Crippen LogP contribution in [0.2, 0.25) is 0 Å². The summed E-state index contributed by atoms with van der Waals surface area (Å²) in [6, 6.07) is 4.08. The van der Waals surface area contributed by atoms with Crippen molar-refractivity contribution in [1.82, 2.24) is 14.5 Å². The second kappa shape index (κ2) is 5.11. The highest BCUT2D eigenvalue weighted by Gasteiger charge is 2.10. The standard InChI is InChI=1S/C14H16N4S/c1-10-9-19-13(17-10)8-18-7-11(4-5-15)12-3-2-6-16-14(12)18/h2-3,6-7,9H,4-5,8,15H2,1H3. The number of aromatic nitrogens is 3. The molecule has 3 heterocycles. The molecule has 0 bridgehead atoms. The third-order valence-electron chi connectivity index (χ3n) is 3.10. The van der Waals surface area contributed by atoms with Crippen molar-refractivity contribution >= 4 is 22.4 Å². The first-order chi connectivity index (χ1) is 9.28. The van der Waals surface area contributed by atoms with Crippen molar-refractivity contribution in [3.05, 3.63) is 46.2 Å². The van der Waals surface area contributed by atoms with E-state index in [0.29, 0.717) is 6.54 Å². The van der Waals surface area contributed by atoms with Gasteiger partial charge in [-0.2, -0.15) is 0 Å². The Hall–Kier alpha value is -1.72. The Kier molecular flexibility index (Phi) is 3.31. The second-order valence-electron chi connectivity index (χ2n) is 4.58. The molecule has 0 saturated heterocycles. The van der Waals surface area contributed by atoms with Gasteiger partial charge in [0.25, 0.3) is 0 Å². The van der Waals surface area contributed by atoms with Crippen molar-refractivity contribution in [2.24, 2.45) is 5.73 Å². The summed E-state index contributed by atoms with van der Waals surface area (Å²) >= 11 is 1.69. The van der Waals surface area contributed by atoms with E-state index in [1.54, 1.807) is 11.3 Å². The molecule has 3 aromatic rings. The molecule has 0 amide bonds. The van der Waals surface area contributed by atoms with Crippen LogP contribution in [-0.4, -0.2) is 21.1 Å². The zero-order chi connectivity index (χ0) is 13.2. The summed E-state index contributed by atoms with van der Waals surface area (Å²) in [6.45, 7) is 3.45. The molecule has 4 nitrogen and oxygen atoms in total. The van der Waals surface area contributed by atoms with Crippen molar-refractivity contribution in [1.29, 1.82) is 0 Å². The smallest absolute Gasteiger partial charge is 0.140 e. The van der Waals surface area contributed by atoms with Crippen LogP contribution in [-0.2, 0) is 13.0 Å². The fourth-order valence-electron chi connectivity index (χ4n) is 2.29. The Morgan fingerprint density at radius 2 is 2.32 bits per heavy atom. The third kappa shape index (κ3) is 2.39. The van der Waals surface area contributed by atoms with Crippen LogP contribution >= 0.6 is 11.3 Å². The molecule has 0 spiro atoms. The molecule has 19 heavy (non-hydrogen) atoms. The van der Waals surface area contributed by atoms with Crippen LogP contribution < -0.4 is 5.73 Å². The molecule has 0 unspecified atom stereocenters. The van der Waals surface area contributed by atoms with Crippen molar-refractivity contribution in [3.8, 4) is 0 Å². The number of rotatable bonds is 4. The zero-order valence-corrected chi connectivity index (χ0v) is 11.7. The van der Waals surface area contributed by atoms with Gasteiger partial charge < -0.3 is 10.3 Å². The lowest BCUT2D eigenvalue weighted by Gasteiger charge is -2.00. The molecule has 0 aliphatic carbocycles. The number of pyridine rings is 1. The SMILES string of the molecule is Cc1csc(Cn2cc(CCN)c3cccnc32)n1. The van der Waals surface area contributed by atoms with E-state index in [1.807, 2.05) is 19.2 Å². The van der Waals surface area contributed by atoms with Crippen LogP contribution in [0.4, 0.5) is 0 Å². The van der Waals surface area contributed by atoms with Gasteiger partial charge in [0.1, 0.15) is 10.7 Å². The predicted molar refractivity (Wildman–Crippen MR) is 78.4 cm³/mol. The van der Waals surface area contributed by atoms with Crippen molar-refractivity contribution in [2.45, 2.75) is 19.9 Å². The lowest BCUT2D eigenvalue weighted by Crippen LogP contribution is -2.02. The molecule has 3 rings (SSSR count). The van der Waals surface area contributed by atoms with Gasteiger partial charge >= 0.3 is 0 Å². The monoisotopic (exact) mass is 272 g/mol. The molecular weight excluding hydrogens is 256 g/mol. The first-order valence-electron chi connectivity index (χ1n) is 6.31. The van der Waals surface area contributed by atoms with E-state index in [-0.39, 0.29) is 0 Å². The number of hydrogen-bond acceptors (Lipinski definition) is 4. The Morgan fingerprint density at radius 3 is 3.05 bits per heavy atom. The van der Waals surface area contributed by atoms with E-state index in [9.17, 15) is 0 Å². The first-order valence-corrected chi connectivity index (χ1v) is 7.19. The molecule has 0 radical (unpaired) electrons. The maximum atomic E-state index is 5.68. The number of thiazole rings is 1. The highest BCUT2D eigenvalue weighted by molar-refractivity contribution is 7.09. The van der Waals surface area contributed by atoms with Crippen molar-refractivity contribution in [3.63, 3.8) is 0 Å². The fourth-order valence-corrected chi connectivity index (χ4v) is 3.06. The Balaban J connectivity index is 2.03. The Bertz CT molecular complexity index is 698. The van der Waals surface area contributed by atoms with E-state index in [4.69, 9.17) is 5.73 Å². The zero-order valence-electron chi connectivity index (χ0n) is 10.8. The van der Waals surface area contributed by atoms with E-state index >= 15 is 0 Å². The molecule has 0 fully saturated rings. The molecule has 2 N–H and O–H groups in total. The summed E-state index contributed by atoms with van der Waals surface area (Å²) in [5.41, 5.74) is 9.03. The van der Waals surface area contributed by atoms with Gasteiger partial charge in [0.05, 0.1) is 6.54 Å². The van der Waals surface area contributed by atoms with E-state index in [0.717, 1.165) is 29.3 Å². The predicted octanol–water partition coefficient (Wildman–Crippen LogP) is 2.35. The van der Waals surface area contributed by atoms with Gasteiger partial charge in [-0.3, -0.25) is 0 Å². The fraction of sp³-hybridized carbons (Fsp3) is 0.286. The molecule has 3 aromatic heterocycles. The van der Waals surface area contributed by atoms with Gasteiger partial charge in [0, 0.05) is 28.9 Å². The molecule has 0 aromatic carbocycles. The van der Waals surface area contributed by atoms with Gasteiger partial charge in [0.2, 0.25) is 0 Å². The van der Waals surface area contributed by atoms with Crippen LogP contribution in [0, 0.1) is 6.92 Å². The number of hydrogen-bond donors (Lipinski definition) is 1.